The lowest BCUT2D eigenvalue weighted by Gasteiger charge is -2.32. The van der Waals surface area contributed by atoms with Gasteiger partial charge in [0.15, 0.2) is 0 Å². The number of nitrogens with zero attached hydrogens (tertiary/aromatic N) is 3. The Hall–Kier alpha value is -2.60. The summed E-state index contributed by atoms with van der Waals surface area (Å²) in [6.07, 6.45) is 6.03. The standard InChI is InChI=1S/C20H23N5O/c1-24-12-22-18-11-25(9-13-3-2-4-17-15(13)7-8-21-17)10-16(19(18)24)20(26)23-14-5-6-14/h2-4,7-8,12,14,16,21H,5-6,9-11H2,1H3,(H,23,26)/t16-/m1/s1. The minimum absolute atomic E-state index is 0.141. The fourth-order valence-corrected chi connectivity index (χ4v) is 4.06. The number of aromatic amines is 1. The quantitative estimate of drug-likeness (QED) is 0.759. The first kappa shape index (κ1) is 15.6. The number of fused-ring (bicyclic) bond motifs is 2. The molecule has 2 aromatic heterocycles. The molecule has 1 aromatic carbocycles. The Morgan fingerprint density at radius 3 is 3.08 bits per heavy atom. The van der Waals surface area contributed by atoms with Gasteiger partial charge in [-0.3, -0.25) is 9.69 Å². The molecule has 1 amide bonds. The summed E-state index contributed by atoms with van der Waals surface area (Å²) in [6, 6.07) is 8.85. The summed E-state index contributed by atoms with van der Waals surface area (Å²) in [5, 5.41) is 4.43. The molecule has 1 saturated carbocycles. The van der Waals surface area contributed by atoms with E-state index in [9.17, 15) is 4.79 Å². The zero-order valence-corrected chi connectivity index (χ0v) is 14.9. The molecule has 0 spiro atoms. The molecule has 2 N–H and O–H groups in total. The zero-order chi connectivity index (χ0) is 17.7. The normalized spacial score (nSPS) is 20.3. The van der Waals surface area contributed by atoms with Crippen LogP contribution in [0.5, 0.6) is 0 Å². The predicted molar refractivity (Wildman–Crippen MR) is 99.5 cm³/mol. The number of imidazole rings is 1. The molecule has 1 aliphatic heterocycles. The van der Waals surface area contributed by atoms with Gasteiger partial charge in [-0.05, 0) is 30.5 Å². The van der Waals surface area contributed by atoms with Crippen LogP contribution in [0, 0.1) is 0 Å². The van der Waals surface area contributed by atoms with E-state index in [1.165, 1.54) is 10.9 Å². The van der Waals surface area contributed by atoms with Crippen LogP contribution in [0.15, 0.2) is 36.8 Å². The first-order chi connectivity index (χ1) is 12.7. The molecular weight excluding hydrogens is 326 g/mol. The van der Waals surface area contributed by atoms with Crippen molar-refractivity contribution in [2.45, 2.75) is 37.9 Å². The molecule has 6 nitrogen and oxygen atoms in total. The number of benzene rings is 1. The van der Waals surface area contributed by atoms with Crippen molar-refractivity contribution in [3.8, 4) is 0 Å². The van der Waals surface area contributed by atoms with Crippen LogP contribution < -0.4 is 5.32 Å². The number of carbonyl (C=O) groups excluding carboxylic acids is 1. The molecule has 26 heavy (non-hydrogen) atoms. The Balaban J connectivity index is 1.43. The Bertz CT molecular complexity index is 968. The van der Waals surface area contributed by atoms with Gasteiger partial charge >= 0.3 is 0 Å². The Morgan fingerprint density at radius 1 is 1.35 bits per heavy atom. The molecule has 0 saturated heterocycles. The summed E-state index contributed by atoms with van der Waals surface area (Å²) in [7, 11) is 1.99. The van der Waals surface area contributed by atoms with E-state index in [0.717, 1.165) is 49.4 Å². The van der Waals surface area contributed by atoms with Gasteiger partial charge in [0.1, 0.15) is 0 Å². The smallest absolute Gasteiger partial charge is 0.230 e. The lowest BCUT2D eigenvalue weighted by atomic mass is 9.96. The minimum atomic E-state index is -0.155. The van der Waals surface area contributed by atoms with Crippen molar-refractivity contribution in [3.05, 3.63) is 53.7 Å². The van der Waals surface area contributed by atoms with Crippen LogP contribution >= 0.6 is 0 Å². The average Bonchev–Trinajstić information content (AvgIpc) is 3.17. The largest absolute Gasteiger partial charge is 0.361 e. The van der Waals surface area contributed by atoms with E-state index in [4.69, 9.17) is 0 Å². The lowest BCUT2D eigenvalue weighted by Crippen LogP contribution is -2.42. The number of H-pyrrole nitrogens is 1. The lowest BCUT2D eigenvalue weighted by molar-refractivity contribution is -0.123. The first-order valence-corrected chi connectivity index (χ1v) is 9.27. The highest BCUT2D eigenvalue weighted by atomic mass is 16.2. The maximum atomic E-state index is 12.8. The average molecular weight is 349 g/mol. The maximum Gasteiger partial charge on any atom is 0.230 e. The van der Waals surface area contributed by atoms with Gasteiger partial charge in [-0.2, -0.15) is 0 Å². The van der Waals surface area contributed by atoms with Crippen LogP contribution in [0.2, 0.25) is 0 Å². The molecule has 0 bridgehead atoms. The third kappa shape index (κ3) is 2.70. The van der Waals surface area contributed by atoms with Crippen LogP contribution in [0.25, 0.3) is 10.9 Å². The van der Waals surface area contributed by atoms with Gasteiger partial charge in [0.25, 0.3) is 0 Å². The Kier molecular flexibility index (Phi) is 3.60. The molecule has 3 heterocycles. The summed E-state index contributed by atoms with van der Waals surface area (Å²) in [5.74, 6) is -0.0146. The highest BCUT2D eigenvalue weighted by Crippen LogP contribution is 2.31. The molecule has 0 radical (unpaired) electrons. The second kappa shape index (κ2) is 5.99. The van der Waals surface area contributed by atoms with Gasteiger partial charge in [0.2, 0.25) is 5.91 Å². The van der Waals surface area contributed by atoms with Crippen LogP contribution in [0.4, 0.5) is 0 Å². The summed E-state index contributed by atoms with van der Waals surface area (Å²) < 4.78 is 2.01. The molecule has 1 fully saturated rings. The van der Waals surface area contributed by atoms with E-state index in [-0.39, 0.29) is 11.8 Å². The molecule has 134 valence electrons. The molecule has 0 unspecified atom stereocenters. The number of rotatable bonds is 4. The van der Waals surface area contributed by atoms with E-state index in [0.29, 0.717) is 6.04 Å². The number of aryl methyl sites for hydroxylation is 1. The van der Waals surface area contributed by atoms with E-state index in [1.807, 2.05) is 24.1 Å². The number of nitrogens with one attached hydrogen (secondary N) is 2. The summed E-state index contributed by atoms with van der Waals surface area (Å²) in [6.45, 7) is 2.33. The number of hydrogen-bond donors (Lipinski definition) is 2. The van der Waals surface area contributed by atoms with E-state index < -0.39 is 0 Å². The van der Waals surface area contributed by atoms with Crippen LogP contribution in [0.3, 0.4) is 0 Å². The number of aromatic nitrogens is 3. The third-order valence-corrected chi connectivity index (χ3v) is 5.53. The number of amides is 1. The summed E-state index contributed by atoms with van der Waals surface area (Å²) >= 11 is 0. The summed E-state index contributed by atoms with van der Waals surface area (Å²) in [4.78, 5) is 23.0. The van der Waals surface area contributed by atoms with Gasteiger partial charge < -0.3 is 14.9 Å². The van der Waals surface area contributed by atoms with Crippen molar-refractivity contribution in [1.82, 2.24) is 24.8 Å². The van der Waals surface area contributed by atoms with Crippen molar-refractivity contribution < 1.29 is 4.79 Å². The SMILES string of the molecule is Cn1cnc2c1[C@H](C(=O)NC1CC1)CN(Cc1cccc3[nH]ccc13)C2. The van der Waals surface area contributed by atoms with Crippen molar-refractivity contribution in [1.29, 1.82) is 0 Å². The third-order valence-electron chi connectivity index (χ3n) is 5.53. The molecular formula is C20H23N5O. The highest BCUT2D eigenvalue weighted by Gasteiger charge is 2.36. The Labute approximate surface area is 152 Å². The van der Waals surface area contributed by atoms with Gasteiger partial charge in [-0.1, -0.05) is 12.1 Å². The number of hydrogen-bond acceptors (Lipinski definition) is 3. The van der Waals surface area contributed by atoms with Gasteiger partial charge in [0.05, 0.1) is 23.6 Å². The highest BCUT2D eigenvalue weighted by molar-refractivity contribution is 5.85. The second-order valence-corrected chi connectivity index (χ2v) is 7.55. The molecule has 1 atom stereocenters. The predicted octanol–water partition coefficient (Wildman–Crippen LogP) is 2.28. The van der Waals surface area contributed by atoms with Crippen molar-refractivity contribution in [2.24, 2.45) is 7.05 Å². The molecule has 3 aromatic rings. The molecule has 6 heteroatoms. The van der Waals surface area contributed by atoms with E-state index in [1.54, 1.807) is 0 Å². The summed E-state index contributed by atoms with van der Waals surface area (Å²) in [5.41, 5.74) is 4.53. The van der Waals surface area contributed by atoms with E-state index in [2.05, 4.69) is 44.5 Å². The monoisotopic (exact) mass is 349 g/mol. The maximum absolute atomic E-state index is 12.8. The fourth-order valence-electron chi connectivity index (χ4n) is 4.06. The minimum Gasteiger partial charge on any atom is -0.361 e. The second-order valence-electron chi connectivity index (χ2n) is 7.55. The van der Waals surface area contributed by atoms with Crippen LogP contribution in [-0.4, -0.2) is 37.9 Å². The number of carbonyl (C=O) groups is 1. The molecule has 5 rings (SSSR count). The van der Waals surface area contributed by atoms with Crippen LogP contribution in [0.1, 0.15) is 35.7 Å². The van der Waals surface area contributed by atoms with Crippen molar-refractivity contribution in [3.63, 3.8) is 0 Å². The molecule has 2 aliphatic rings. The van der Waals surface area contributed by atoms with Crippen molar-refractivity contribution in [2.75, 3.05) is 6.54 Å². The topological polar surface area (TPSA) is 66.0 Å². The molecule has 1 aliphatic carbocycles. The first-order valence-electron chi connectivity index (χ1n) is 9.27. The fraction of sp³-hybridized carbons (Fsp3) is 0.400. The van der Waals surface area contributed by atoms with Gasteiger partial charge in [-0.25, -0.2) is 4.98 Å². The Morgan fingerprint density at radius 2 is 2.23 bits per heavy atom. The van der Waals surface area contributed by atoms with Crippen LogP contribution in [-0.2, 0) is 24.9 Å². The van der Waals surface area contributed by atoms with E-state index >= 15 is 0 Å². The van der Waals surface area contributed by atoms with Crippen molar-refractivity contribution >= 4 is 16.8 Å². The van der Waals surface area contributed by atoms with Gasteiger partial charge in [-0.15, -0.1) is 0 Å². The van der Waals surface area contributed by atoms with Gasteiger partial charge in [0, 0.05) is 49.8 Å². The zero-order valence-electron chi connectivity index (χ0n) is 14.9.